The SMILES string of the molecule is O=C1c2ccc(Br)cc2C(=O)N1[C@@H]1CCCC[C@H]1N1C(=O)c2ccc(Br)cc2C1=O. The van der Waals surface area contributed by atoms with Crippen LogP contribution in [0.4, 0.5) is 0 Å². The molecule has 152 valence electrons. The van der Waals surface area contributed by atoms with Crippen LogP contribution >= 0.6 is 31.9 Å². The van der Waals surface area contributed by atoms with Gasteiger partial charge in [-0.05, 0) is 49.2 Å². The molecule has 1 saturated carbocycles. The molecule has 8 heteroatoms. The van der Waals surface area contributed by atoms with Gasteiger partial charge in [0.1, 0.15) is 0 Å². The summed E-state index contributed by atoms with van der Waals surface area (Å²) in [7, 11) is 0. The maximum Gasteiger partial charge on any atom is 0.261 e. The number of carbonyl (C=O) groups excluding carboxylic acids is 4. The Balaban J connectivity index is 1.53. The van der Waals surface area contributed by atoms with Crippen molar-refractivity contribution >= 4 is 55.5 Å². The van der Waals surface area contributed by atoms with Crippen molar-refractivity contribution < 1.29 is 19.2 Å². The summed E-state index contributed by atoms with van der Waals surface area (Å²) in [4.78, 5) is 55.0. The lowest BCUT2D eigenvalue weighted by Crippen LogP contribution is -2.56. The van der Waals surface area contributed by atoms with Gasteiger partial charge in [-0.25, -0.2) is 0 Å². The Bertz CT molecular complexity index is 1060. The molecule has 5 rings (SSSR count). The van der Waals surface area contributed by atoms with Crippen molar-refractivity contribution in [3.05, 3.63) is 67.6 Å². The van der Waals surface area contributed by atoms with Gasteiger partial charge in [-0.15, -0.1) is 0 Å². The standard InChI is InChI=1S/C22H16Br2N2O4/c23-11-5-7-13-15(9-11)21(29)25(19(13)27)17-3-1-2-4-18(17)26-20(28)14-8-6-12(24)10-16(14)22(26)30/h5-10,17-18H,1-4H2/t17-,18-/m1/s1. The Kier molecular flexibility index (Phi) is 4.67. The van der Waals surface area contributed by atoms with E-state index in [1.165, 1.54) is 9.80 Å². The van der Waals surface area contributed by atoms with Gasteiger partial charge < -0.3 is 0 Å². The molecule has 2 aromatic rings. The third kappa shape index (κ3) is 2.80. The van der Waals surface area contributed by atoms with Crippen molar-refractivity contribution in [3.63, 3.8) is 0 Å². The van der Waals surface area contributed by atoms with Gasteiger partial charge in [-0.1, -0.05) is 44.7 Å². The molecular weight excluding hydrogens is 516 g/mol. The first-order chi connectivity index (χ1) is 14.4. The zero-order chi connectivity index (χ0) is 21.2. The summed E-state index contributed by atoms with van der Waals surface area (Å²) in [6.45, 7) is 0. The number of benzene rings is 2. The Morgan fingerprint density at radius 3 is 1.37 bits per heavy atom. The fraction of sp³-hybridized carbons (Fsp3) is 0.273. The highest BCUT2D eigenvalue weighted by Crippen LogP contribution is 2.37. The first-order valence-corrected chi connectivity index (χ1v) is 11.3. The fourth-order valence-corrected chi connectivity index (χ4v) is 5.48. The molecule has 2 aromatic carbocycles. The zero-order valence-corrected chi connectivity index (χ0v) is 18.9. The number of imide groups is 2. The van der Waals surface area contributed by atoms with Gasteiger partial charge in [0.05, 0.1) is 34.3 Å². The number of halogens is 2. The van der Waals surface area contributed by atoms with E-state index < -0.39 is 12.1 Å². The summed E-state index contributed by atoms with van der Waals surface area (Å²) in [5, 5.41) is 0. The molecule has 4 amide bonds. The van der Waals surface area contributed by atoms with E-state index in [-0.39, 0.29) is 23.6 Å². The predicted octanol–water partition coefficient (Wildman–Crippen LogP) is 4.42. The minimum atomic E-state index is -0.532. The first kappa shape index (κ1) is 19.6. The van der Waals surface area contributed by atoms with Crippen molar-refractivity contribution in [2.75, 3.05) is 0 Å². The summed E-state index contributed by atoms with van der Waals surface area (Å²) in [5.41, 5.74) is 1.42. The van der Waals surface area contributed by atoms with Crippen LogP contribution in [0.5, 0.6) is 0 Å². The Morgan fingerprint density at radius 1 is 0.600 bits per heavy atom. The molecule has 1 aliphatic carbocycles. The summed E-state index contributed by atoms with van der Waals surface area (Å²) >= 11 is 6.70. The molecule has 6 nitrogen and oxygen atoms in total. The highest BCUT2D eigenvalue weighted by molar-refractivity contribution is 9.10. The first-order valence-electron chi connectivity index (χ1n) is 9.73. The summed E-state index contributed by atoms with van der Waals surface area (Å²) in [5.74, 6) is -1.46. The Hall–Kier alpha value is -2.32. The molecular formula is C22H16Br2N2O4. The molecule has 0 bridgehead atoms. The highest BCUT2D eigenvalue weighted by Gasteiger charge is 2.49. The van der Waals surface area contributed by atoms with Gasteiger partial charge in [-0.3, -0.25) is 29.0 Å². The molecule has 2 heterocycles. The topological polar surface area (TPSA) is 74.8 Å². The van der Waals surface area contributed by atoms with E-state index >= 15 is 0 Å². The lowest BCUT2D eigenvalue weighted by Gasteiger charge is -2.40. The van der Waals surface area contributed by atoms with Gasteiger partial charge in [0, 0.05) is 8.95 Å². The minimum absolute atomic E-state index is 0.352. The number of carbonyl (C=O) groups is 4. The normalized spacial score (nSPS) is 23.3. The van der Waals surface area contributed by atoms with E-state index in [9.17, 15) is 19.2 Å². The predicted molar refractivity (Wildman–Crippen MR) is 115 cm³/mol. The minimum Gasteiger partial charge on any atom is -0.269 e. The Morgan fingerprint density at radius 2 is 0.967 bits per heavy atom. The van der Waals surface area contributed by atoms with Crippen LogP contribution in [0.15, 0.2) is 45.3 Å². The van der Waals surface area contributed by atoms with Crippen molar-refractivity contribution in [2.45, 2.75) is 37.8 Å². The molecule has 0 spiro atoms. The summed E-state index contributed by atoms with van der Waals surface area (Å²) in [6.07, 6.45) is 2.78. The third-order valence-corrected chi connectivity index (χ3v) is 7.10. The van der Waals surface area contributed by atoms with Crippen LogP contribution in [-0.2, 0) is 0 Å². The van der Waals surface area contributed by atoms with E-state index in [1.54, 1.807) is 36.4 Å². The zero-order valence-electron chi connectivity index (χ0n) is 15.7. The lowest BCUT2D eigenvalue weighted by molar-refractivity contribution is 0.0291. The molecule has 0 unspecified atom stereocenters. The summed E-state index contributed by atoms with van der Waals surface area (Å²) in [6, 6.07) is 8.96. The van der Waals surface area contributed by atoms with Crippen LogP contribution in [-0.4, -0.2) is 45.5 Å². The molecule has 0 aromatic heterocycles. The largest absolute Gasteiger partial charge is 0.269 e. The van der Waals surface area contributed by atoms with Crippen molar-refractivity contribution in [3.8, 4) is 0 Å². The van der Waals surface area contributed by atoms with E-state index in [1.807, 2.05) is 0 Å². The molecule has 0 saturated heterocycles. The molecule has 30 heavy (non-hydrogen) atoms. The molecule has 3 aliphatic rings. The van der Waals surface area contributed by atoms with Crippen LogP contribution in [0.1, 0.15) is 67.1 Å². The molecule has 0 N–H and O–H groups in total. The van der Waals surface area contributed by atoms with Crippen molar-refractivity contribution in [2.24, 2.45) is 0 Å². The van der Waals surface area contributed by atoms with E-state index in [4.69, 9.17) is 0 Å². The monoisotopic (exact) mass is 530 g/mol. The van der Waals surface area contributed by atoms with Crippen LogP contribution in [0, 0.1) is 0 Å². The second-order valence-electron chi connectivity index (χ2n) is 7.76. The number of fused-ring (bicyclic) bond motifs is 2. The molecule has 1 fully saturated rings. The lowest BCUT2D eigenvalue weighted by atomic mass is 9.88. The average Bonchev–Trinajstić information content (AvgIpc) is 3.12. The second kappa shape index (κ2) is 7.13. The average molecular weight is 532 g/mol. The number of nitrogens with zero attached hydrogens (tertiary/aromatic N) is 2. The van der Waals surface area contributed by atoms with Crippen LogP contribution in [0.25, 0.3) is 0 Å². The highest BCUT2D eigenvalue weighted by atomic mass is 79.9. The van der Waals surface area contributed by atoms with Gasteiger partial charge in [0.15, 0.2) is 0 Å². The van der Waals surface area contributed by atoms with E-state index in [2.05, 4.69) is 31.9 Å². The number of hydrogen-bond donors (Lipinski definition) is 0. The molecule has 0 radical (unpaired) electrons. The molecule has 2 aliphatic heterocycles. The van der Waals surface area contributed by atoms with Crippen molar-refractivity contribution in [1.29, 1.82) is 0 Å². The third-order valence-electron chi connectivity index (χ3n) is 6.12. The maximum atomic E-state index is 13.1. The van der Waals surface area contributed by atoms with Crippen LogP contribution in [0.2, 0.25) is 0 Å². The van der Waals surface area contributed by atoms with Gasteiger partial charge in [0.25, 0.3) is 23.6 Å². The van der Waals surface area contributed by atoms with Crippen molar-refractivity contribution in [1.82, 2.24) is 9.80 Å². The second-order valence-corrected chi connectivity index (χ2v) is 9.59. The van der Waals surface area contributed by atoms with E-state index in [0.717, 1.165) is 21.8 Å². The number of hydrogen-bond acceptors (Lipinski definition) is 4. The van der Waals surface area contributed by atoms with Gasteiger partial charge in [-0.2, -0.15) is 0 Å². The Labute approximate surface area is 189 Å². The summed E-state index contributed by atoms with van der Waals surface area (Å²) < 4.78 is 1.44. The fourth-order valence-electron chi connectivity index (χ4n) is 4.76. The van der Waals surface area contributed by atoms with Crippen LogP contribution < -0.4 is 0 Å². The number of rotatable bonds is 2. The molecule has 2 atom stereocenters. The van der Waals surface area contributed by atoms with Crippen LogP contribution in [0.3, 0.4) is 0 Å². The van der Waals surface area contributed by atoms with Gasteiger partial charge >= 0.3 is 0 Å². The van der Waals surface area contributed by atoms with Gasteiger partial charge in [0.2, 0.25) is 0 Å². The smallest absolute Gasteiger partial charge is 0.261 e. The number of amides is 4. The quantitative estimate of drug-likeness (QED) is 0.538. The van der Waals surface area contributed by atoms with E-state index in [0.29, 0.717) is 35.1 Å². The maximum absolute atomic E-state index is 13.1.